The molecule has 3 aromatic rings. The molecule has 1 amide bonds. The van der Waals surface area contributed by atoms with Gasteiger partial charge in [-0.05, 0) is 55.5 Å². The molecule has 4 fully saturated rings. The highest BCUT2D eigenvalue weighted by atomic mass is 32.2. The summed E-state index contributed by atoms with van der Waals surface area (Å²) in [6.45, 7) is 2.66. The molecule has 0 aromatic heterocycles. The van der Waals surface area contributed by atoms with E-state index in [1.807, 2.05) is 43.3 Å². The van der Waals surface area contributed by atoms with Crippen LogP contribution in [0.1, 0.15) is 42.4 Å². The minimum atomic E-state index is -4.37. The van der Waals surface area contributed by atoms with Gasteiger partial charge < -0.3 is 19.1 Å². The number of hydrogen-bond acceptors (Lipinski definition) is 8. The lowest BCUT2D eigenvalue weighted by Crippen LogP contribution is -2.75. The van der Waals surface area contributed by atoms with E-state index in [-0.39, 0.29) is 30.3 Å². The summed E-state index contributed by atoms with van der Waals surface area (Å²) in [5, 5.41) is 0. The number of fused-ring (bicyclic) bond motifs is 3. The number of ketones is 1. The van der Waals surface area contributed by atoms with Gasteiger partial charge in [-0.1, -0.05) is 66.2 Å². The molecule has 4 saturated heterocycles. The summed E-state index contributed by atoms with van der Waals surface area (Å²) in [6.07, 6.45) is 0.937. The van der Waals surface area contributed by atoms with Crippen LogP contribution >= 0.6 is 0 Å². The number of aryl methyl sites for hydroxylation is 1. The molecular weight excluding hydrogens is 608 g/mol. The van der Waals surface area contributed by atoms with E-state index in [4.69, 9.17) is 14.2 Å². The van der Waals surface area contributed by atoms with Crippen LogP contribution in [0, 0.1) is 12.3 Å². The lowest BCUT2D eigenvalue weighted by Gasteiger charge is -2.56. The molecule has 5 aliphatic rings. The van der Waals surface area contributed by atoms with E-state index >= 15 is 4.79 Å². The standard InChI is InChI=1S/C35H34N2O8S/c1-23-13-15-25(16-14-23)46(41,42)37-27-12-7-6-11-26(27)33-21-28(38)36-19-8-17-32(18-20-44-22-24-9-4-3-5-10-24)30(39)34(29(33)37,31(40)43-2)45-35(32,33)36/h3-7,9-16,29H,8,17-22H2,1-2H3/t29-,32-,33+,34+,35+/m1/s1. The van der Waals surface area contributed by atoms with Crippen molar-refractivity contribution in [3.8, 4) is 0 Å². The summed E-state index contributed by atoms with van der Waals surface area (Å²) in [6, 6.07) is 21.7. The third-order valence-corrected chi connectivity index (χ3v) is 12.8. The van der Waals surface area contributed by atoms with E-state index in [2.05, 4.69) is 0 Å². The number of anilines is 1. The number of nitrogens with zero attached hydrogens (tertiary/aromatic N) is 2. The second kappa shape index (κ2) is 9.73. The van der Waals surface area contributed by atoms with E-state index in [1.165, 1.54) is 23.5 Å². The number of methoxy groups -OCH3 is 1. The summed E-state index contributed by atoms with van der Waals surface area (Å²) in [5.41, 5.74) is -3.88. The molecule has 0 unspecified atom stereocenters. The Hall–Kier alpha value is -4.06. The van der Waals surface area contributed by atoms with Gasteiger partial charge in [0, 0.05) is 19.6 Å². The Balaban J connectivity index is 1.34. The molecule has 5 heterocycles. The Bertz CT molecular complexity index is 1900. The molecule has 10 nitrogen and oxygen atoms in total. The summed E-state index contributed by atoms with van der Waals surface area (Å²) in [5.74, 6) is -1.75. The number of ether oxygens (including phenoxy) is 3. The van der Waals surface area contributed by atoms with Crippen LogP contribution < -0.4 is 4.31 Å². The number of sulfonamides is 1. The van der Waals surface area contributed by atoms with Gasteiger partial charge in [0.25, 0.3) is 10.0 Å². The molecule has 2 spiro atoms. The Kier molecular flexibility index (Phi) is 6.21. The van der Waals surface area contributed by atoms with Crippen molar-refractivity contribution < 1.29 is 37.0 Å². The first-order valence-corrected chi connectivity index (χ1v) is 17.0. The fourth-order valence-corrected chi connectivity index (χ4v) is 11.1. The zero-order valence-electron chi connectivity index (χ0n) is 25.6. The Morgan fingerprint density at radius 2 is 1.72 bits per heavy atom. The minimum Gasteiger partial charge on any atom is -0.466 e. The molecule has 0 aliphatic carbocycles. The molecule has 8 rings (SSSR count). The normalized spacial score (nSPS) is 32.0. The predicted octanol–water partition coefficient (Wildman–Crippen LogP) is 3.65. The molecule has 3 aromatic carbocycles. The molecule has 5 atom stereocenters. The first kappa shape index (κ1) is 29.3. The van der Waals surface area contributed by atoms with Crippen molar-refractivity contribution in [2.45, 2.75) is 66.9 Å². The van der Waals surface area contributed by atoms with E-state index in [9.17, 15) is 18.0 Å². The van der Waals surface area contributed by atoms with E-state index in [1.54, 1.807) is 35.2 Å². The number of benzene rings is 3. The number of para-hydroxylation sites is 1. The molecule has 5 aliphatic heterocycles. The van der Waals surface area contributed by atoms with Crippen molar-refractivity contribution in [1.82, 2.24) is 4.90 Å². The zero-order valence-corrected chi connectivity index (χ0v) is 26.4. The van der Waals surface area contributed by atoms with Crippen molar-refractivity contribution in [1.29, 1.82) is 0 Å². The van der Waals surface area contributed by atoms with Gasteiger partial charge in [0.1, 0.15) is 6.04 Å². The van der Waals surface area contributed by atoms with Gasteiger partial charge in [0.2, 0.25) is 11.5 Å². The summed E-state index contributed by atoms with van der Waals surface area (Å²) in [4.78, 5) is 45.2. The topological polar surface area (TPSA) is 120 Å². The lowest BCUT2D eigenvalue weighted by molar-refractivity contribution is -0.212. The van der Waals surface area contributed by atoms with E-state index in [0.717, 1.165) is 11.1 Å². The van der Waals surface area contributed by atoms with E-state index < -0.39 is 50.0 Å². The average molecular weight is 643 g/mol. The molecule has 11 heteroatoms. The number of hydrogen-bond donors (Lipinski definition) is 0. The number of Topliss-reactive ketones (excluding diaryl/α,β-unsaturated/α-hetero) is 1. The number of piperidine rings is 1. The Morgan fingerprint density at radius 3 is 2.46 bits per heavy atom. The maximum Gasteiger partial charge on any atom is 0.348 e. The number of carbonyl (C=O) groups excluding carboxylic acids is 3. The third-order valence-electron chi connectivity index (χ3n) is 11.0. The highest BCUT2D eigenvalue weighted by molar-refractivity contribution is 7.93. The second-order valence-corrected chi connectivity index (χ2v) is 14.8. The largest absolute Gasteiger partial charge is 0.466 e. The maximum absolute atomic E-state index is 15.2. The fraction of sp³-hybridized carbons (Fsp3) is 0.400. The monoisotopic (exact) mass is 642 g/mol. The second-order valence-electron chi connectivity index (χ2n) is 13.0. The van der Waals surface area contributed by atoms with Crippen molar-refractivity contribution in [2.75, 3.05) is 24.6 Å². The molecule has 0 N–H and O–H groups in total. The number of amides is 1. The minimum absolute atomic E-state index is 0.00286. The number of esters is 1. The molecule has 238 valence electrons. The van der Waals surface area contributed by atoms with Gasteiger partial charge in [0.15, 0.2) is 11.5 Å². The average Bonchev–Trinajstić information content (AvgIpc) is 3.68. The summed E-state index contributed by atoms with van der Waals surface area (Å²) in [7, 11) is -3.20. The molecule has 0 radical (unpaired) electrons. The lowest BCUT2D eigenvalue weighted by atomic mass is 9.48. The van der Waals surface area contributed by atoms with Crippen LogP contribution in [0.3, 0.4) is 0 Å². The van der Waals surface area contributed by atoms with Crippen molar-refractivity contribution >= 4 is 33.4 Å². The molecule has 46 heavy (non-hydrogen) atoms. The van der Waals surface area contributed by atoms with Crippen molar-refractivity contribution in [2.24, 2.45) is 5.41 Å². The quantitative estimate of drug-likeness (QED) is 0.208. The first-order valence-electron chi connectivity index (χ1n) is 15.6. The van der Waals surface area contributed by atoms with Crippen LogP contribution in [-0.2, 0) is 50.6 Å². The number of carbonyl (C=O) groups is 3. The molecular formula is C35H34N2O8S. The van der Waals surface area contributed by atoms with Crippen LogP contribution in [-0.4, -0.2) is 68.6 Å². The SMILES string of the molecule is COC(=O)[C@@]12O[C@@]34N(CCC[C@@]3(CCOCc3ccccc3)C1=O)C(=O)C[C@@]41c3ccccc3N(S(=O)(=O)c3ccc(C)cc3)[C@@H]21. The van der Waals surface area contributed by atoms with Crippen molar-refractivity contribution in [3.05, 3.63) is 95.6 Å². The van der Waals surface area contributed by atoms with Gasteiger partial charge in [-0.2, -0.15) is 0 Å². The molecule has 0 saturated carbocycles. The van der Waals surface area contributed by atoms with Gasteiger partial charge in [-0.25, -0.2) is 13.2 Å². The van der Waals surface area contributed by atoms with Crippen LogP contribution in [0.2, 0.25) is 0 Å². The first-order chi connectivity index (χ1) is 22.1. The van der Waals surface area contributed by atoms with E-state index in [0.29, 0.717) is 37.2 Å². The van der Waals surface area contributed by atoms with Crippen molar-refractivity contribution in [3.63, 3.8) is 0 Å². The Labute approximate surface area is 267 Å². The van der Waals surface area contributed by atoms with Crippen LogP contribution in [0.25, 0.3) is 0 Å². The van der Waals surface area contributed by atoms with Crippen LogP contribution in [0.5, 0.6) is 0 Å². The maximum atomic E-state index is 15.2. The van der Waals surface area contributed by atoms with Gasteiger partial charge >= 0.3 is 5.97 Å². The number of rotatable bonds is 8. The van der Waals surface area contributed by atoms with Gasteiger partial charge in [-0.15, -0.1) is 0 Å². The zero-order chi connectivity index (χ0) is 32.1. The summed E-state index contributed by atoms with van der Waals surface area (Å²) >= 11 is 0. The highest BCUT2D eigenvalue weighted by Crippen LogP contribution is 2.79. The van der Waals surface area contributed by atoms with Gasteiger partial charge in [0.05, 0.1) is 35.1 Å². The molecule has 2 bridgehead atoms. The highest BCUT2D eigenvalue weighted by Gasteiger charge is 2.97. The Morgan fingerprint density at radius 1 is 1.00 bits per heavy atom. The fourth-order valence-electron chi connectivity index (χ4n) is 9.38. The third kappa shape index (κ3) is 3.23. The predicted molar refractivity (Wildman–Crippen MR) is 165 cm³/mol. The smallest absolute Gasteiger partial charge is 0.348 e. The van der Waals surface area contributed by atoms with Gasteiger partial charge in [-0.3, -0.25) is 13.9 Å². The van der Waals surface area contributed by atoms with Crippen LogP contribution in [0.15, 0.2) is 83.8 Å². The summed E-state index contributed by atoms with van der Waals surface area (Å²) < 4.78 is 48.9. The van der Waals surface area contributed by atoms with Crippen LogP contribution in [0.4, 0.5) is 5.69 Å².